The second-order valence-corrected chi connectivity index (χ2v) is 5.15. The maximum absolute atomic E-state index is 13.0. The van der Waals surface area contributed by atoms with E-state index in [0.29, 0.717) is 0 Å². The van der Waals surface area contributed by atoms with Gasteiger partial charge in [0, 0.05) is 12.6 Å². The molecule has 0 radical (unpaired) electrons. The maximum atomic E-state index is 13.0. The summed E-state index contributed by atoms with van der Waals surface area (Å²) in [6, 6.07) is -1.17. The minimum Gasteiger partial charge on any atom is -0.364 e. The molecule has 1 N–H and O–H groups in total. The highest BCUT2D eigenvalue weighted by Gasteiger charge is 2.54. The molecular formula is C11H11ClF4N4O2. The topological polar surface area (TPSA) is 70.7 Å². The molecule has 11 heteroatoms. The summed E-state index contributed by atoms with van der Waals surface area (Å²) in [5, 5.41) is 17.0. The second-order valence-electron chi connectivity index (χ2n) is 4.71. The largest absolute Gasteiger partial charge is 0.364 e. The fraction of sp³-hybridized carbons (Fsp3) is 0.545. The Morgan fingerprint density at radius 3 is 2.55 bits per heavy atom. The van der Waals surface area contributed by atoms with E-state index in [9.17, 15) is 27.5 Å². The molecule has 2 heterocycles. The van der Waals surface area contributed by atoms with Gasteiger partial charge in [-0.2, -0.15) is 15.2 Å². The van der Waals surface area contributed by atoms with Crippen molar-refractivity contribution in [3.63, 3.8) is 0 Å². The molecule has 1 aliphatic rings. The Bertz CT molecular complexity index is 609. The zero-order chi connectivity index (χ0) is 16.7. The standard InChI is InChI=1S/C11H11ClF4N4O2/c1-5(19-4-6(12)3-17-19)9(21)20-11(22,10(15)16)2-7(18-20)8(13)14/h3-5,8,10,22H,2H2,1H3/t5-,11-/m0/s1. The van der Waals surface area contributed by atoms with E-state index in [4.69, 9.17) is 11.6 Å². The number of hydrogen-bond acceptors (Lipinski definition) is 4. The summed E-state index contributed by atoms with van der Waals surface area (Å²) in [6.45, 7) is 1.29. The van der Waals surface area contributed by atoms with E-state index in [1.54, 1.807) is 0 Å². The van der Waals surface area contributed by atoms with Crippen molar-refractivity contribution < 1.29 is 27.5 Å². The minimum absolute atomic E-state index is 0.000584. The molecule has 122 valence electrons. The van der Waals surface area contributed by atoms with Crippen molar-refractivity contribution in [3.8, 4) is 0 Å². The Labute approximate surface area is 126 Å². The third-order valence-electron chi connectivity index (χ3n) is 3.17. The summed E-state index contributed by atoms with van der Waals surface area (Å²) in [6.07, 6.45) is -5.29. The van der Waals surface area contributed by atoms with Crippen LogP contribution in [0.1, 0.15) is 19.4 Å². The first-order valence-electron chi connectivity index (χ1n) is 6.06. The van der Waals surface area contributed by atoms with Crippen LogP contribution in [0.5, 0.6) is 0 Å². The van der Waals surface area contributed by atoms with Crippen LogP contribution in [-0.4, -0.2) is 50.1 Å². The van der Waals surface area contributed by atoms with Gasteiger partial charge in [0.15, 0.2) is 0 Å². The normalized spacial score (nSPS) is 23.3. The van der Waals surface area contributed by atoms with Gasteiger partial charge >= 0.3 is 0 Å². The lowest BCUT2D eigenvalue weighted by Gasteiger charge is -2.31. The smallest absolute Gasteiger partial charge is 0.287 e. The van der Waals surface area contributed by atoms with Crippen molar-refractivity contribution in [2.45, 2.75) is 38.0 Å². The number of rotatable bonds is 4. The van der Waals surface area contributed by atoms with Gasteiger partial charge in [-0.15, -0.1) is 0 Å². The Morgan fingerprint density at radius 2 is 2.09 bits per heavy atom. The molecule has 22 heavy (non-hydrogen) atoms. The van der Waals surface area contributed by atoms with Crippen LogP contribution in [0.15, 0.2) is 17.5 Å². The Hall–Kier alpha value is -1.68. The maximum Gasteiger partial charge on any atom is 0.287 e. The molecule has 1 aliphatic heterocycles. The molecular weight excluding hydrogens is 332 g/mol. The van der Waals surface area contributed by atoms with E-state index in [1.165, 1.54) is 19.3 Å². The number of aliphatic hydroxyl groups is 1. The Morgan fingerprint density at radius 1 is 1.45 bits per heavy atom. The molecule has 0 fully saturated rings. The van der Waals surface area contributed by atoms with E-state index in [0.717, 1.165) is 4.68 Å². The first kappa shape index (κ1) is 16.7. The van der Waals surface area contributed by atoms with Crippen molar-refractivity contribution in [2.24, 2.45) is 5.10 Å². The SMILES string of the molecule is C[C@@H](C(=O)N1N=C(C(F)F)C[C@]1(O)C(F)F)n1cc(Cl)cn1. The highest BCUT2D eigenvalue weighted by atomic mass is 35.5. The lowest BCUT2D eigenvalue weighted by atomic mass is 10.1. The number of nitrogens with zero attached hydrogens (tertiary/aromatic N) is 4. The van der Waals surface area contributed by atoms with Crippen LogP contribution < -0.4 is 0 Å². The molecule has 0 saturated carbocycles. The van der Waals surface area contributed by atoms with Crippen LogP contribution in [0.4, 0.5) is 17.6 Å². The molecule has 1 aromatic heterocycles. The summed E-state index contributed by atoms with van der Waals surface area (Å²) >= 11 is 5.64. The zero-order valence-electron chi connectivity index (χ0n) is 11.1. The van der Waals surface area contributed by atoms with Gasteiger partial charge < -0.3 is 5.11 Å². The second kappa shape index (κ2) is 5.84. The van der Waals surface area contributed by atoms with Crippen molar-refractivity contribution in [1.29, 1.82) is 0 Å². The van der Waals surface area contributed by atoms with Crippen LogP contribution in [0.25, 0.3) is 0 Å². The van der Waals surface area contributed by atoms with Crippen molar-refractivity contribution >= 4 is 23.2 Å². The molecule has 0 saturated heterocycles. The summed E-state index contributed by atoms with van der Waals surface area (Å²) in [5.74, 6) is -1.11. The molecule has 2 rings (SSSR count). The number of carbonyl (C=O) groups excluding carboxylic acids is 1. The number of alkyl halides is 4. The van der Waals surface area contributed by atoms with Crippen molar-refractivity contribution in [3.05, 3.63) is 17.4 Å². The molecule has 0 aliphatic carbocycles. The third-order valence-corrected chi connectivity index (χ3v) is 3.37. The van der Waals surface area contributed by atoms with Gasteiger partial charge in [-0.25, -0.2) is 17.6 Å². The monoisotopic (exact) mass is 342 g/mol. The molecule has 2 atom stereocenters. The number of hydrogen-bond donors (Lipinski definition) is 1. The lowest BCUT2D eigenvalue weighted by Crippen LogP contribution is -2.53. The van der Waals surface area contributed by atoms with Gasteiger partial charge in [-0.1, -0.05) is 11.6 Å². The summed E-state index contributed by atoms with van der Waals surface area (Å²) in [5.41, 5.74) is -4.09. The van der Waals surface area contributed by atoms with Crippen LogP contribution in [0.2, 0.25) is 5.02 Å². The molecule has 0 aromatic carbocycles. The predicted octanol–water partition coefficient (Wildman–Crippen LogP) is 1.90. The fourth-order valence-corrected chi connectivity index (χ4v) is 2.08. The highest BCUT2D eigenvalue weighted by molar-refractivity contribution is 6.30. The first-order chi connectivity index (χ1) is 10.2. The number of aromatic nitrogens is 2. The number of hydrazone groups is 1. The molecule has 0 spiro atoms. The van der Waals surface area contributed by atoms with Crippen LogP contribution in [0.3, 0.4) is 0 Å². The van der Waals surface area contributed by atoms with Crippen molar-refractivity contribution in [1.82, 2.24) is 14.8 Å². The van der Waals surface area contributed by atoms with Crippen LogP contribution >= 0.6 is 11.6 Å². The van der Waals surface area contributed by atoms with E-state index in [1.807, 2.05) is 0 Å². The van der Waals surface area contributed by atoms with Gasteiger partial charge in [-0.05, 0) is 6.92 Å². The molecule has 6 nitrogen and oxygen atoms in total. The van der Waals surface area contributed by atoms with Crippen molar-refractivity contribution in [2.75, 3.05) is 0 Å². The van der Waals surface area contributed by atoms with Gasteiger partial charge in [0.25, 0.3) is 18.8 Å². The minimum atomic E-state index is -3.47. The van der Waals surface area contributed by atoms with Gasteiger partial charge in [0.1, 0.15) is 11.8 Å². The number of amides is 1. The van der Waals surface area contributed by atoms with Gasteiger partial charge in [-0.3, -0.25) is 9.48 Å². The Kier molecular flexibility index (Phi) is 4.43. The number of carbonyl (C=O) groups is 1. The van der Waals surface area contributed by atoms with Gasteiger partial charge in [0.05, 0.1) is 11.2 Å². The fourth-order valence-electron chi connectivity index (χ4n) is 1.94. The van der Waals surface area contributed by atoms with Crippen LogP contribution in [-0.2, 0) is 4.79 Å². The van der Waals surface area contributed by atoms with E-state index < -0.39 is 42.7 Å². The third kappa shape index (κ3) is 2.80. The average Bonchev–Trinajstić information content (AvgIpc) is 3.02. The highest BCUT2D eigenvalue weighted by Crippen LogP contribution is 2.34. The molecule has 0 unspecified atom stereocenters. The summed E-state index contributed by atoms with van der Waals surface area (Å²) in [7, 11) is 0. The van der Waals surface area contributed by atoms with Crippen LogP contribution in [0, 0.1) is 0 Å². The molecule has 1 amide bonds. The predicted molar refractivity (Wildman–Crippen MR) is 67.8 cm³/mol. The Balaban J connectivity index is 2.32. The van der Waals surface area contributed by atoms with Gasteiger partial charge in [0.2, 0.25) is 5.72 Å². The average molecular weight is 343 g/mol. The quantitative estimate of drug-likeness (QED) is 0.850. The number of halogens is 5. The molecule has 1 aromatic rings. The molecule has 0 bridgehead atoms. The summed E-state index contributed by atoms with van der Waals surface area (Å²) < 4.78 is 52.4. The van der Waals surface area contributed by atoms with E-state index in [2.05, 4.69) is 10.2 Å². The zero-order valence-corrected chi connectivity index (χ0v) is 11.9. The summed E-state index contributed by atoms with van der Waals surface area (Å²) in [4.78, 5) is 12.2. The lowest BCUT2D eigenvalue weighted by molar-refractivity contribution is -0.194. The van der Waals surface area contributed by atoms with E-state index in [-0.39, 0.29) is 10.0 Å². The first-order valence-corrected chi connectivity index (χ1v) is 6.44. The van der Waals surface area contributed by atoms with E-state index >= 15 is 0 Å².